The van der Waals surface area contributed by atoms with Gasteiger partial charge in [0.1, 0.15) is 5.75 Å². The van der Waals surface area contributed by atoms with E-state index in [1.54, 1.807) is 12.1 Å². The molecule has 3 nitrogen and oxygen atoms in total. The number of phenols is 1. The summed E-state index contributed by atoms with van der Waals surface area (Å²) in [6, 6.07) is 7.23. The summed E-state index contributed by atoms with van der Waals surface area (Å²) >= 11 is 0. The highest BCUT2D eigenvalue weighted by atomic mass is 28.2. The Morgan fingerprint density at radius 1 is 1.36 bits per heavy atom. The normalized spacial score (nSPS) is 11.2. The smallest absolute Gasteiger partial charge is 0.187 e. The van der Waals surface area contributed by atoms with Gasteiger partial charge >= 0.3 is 0 Å². The number of hydrogen-bond donors (Lipinski definition) is 1. The van der Waals surface area contributed by atoms with Crippen LogP contribution in [0.3, 0.4) is 0 Å². The van der Waals surface area contributed by atoms with Crippen LogP contribution in [0.2, 0.25) is 0 Å². The zero-order chi connectivity index (χ0) is 10.2. The predicted octanol–water partition coefficient (Wildman–Crippen LogP) is 0.987. The lowest BCUT2D eigenvalue weighted by molar-refractivity contribution is 0.176. The molecule has 1 aromatic rings. The minimum absolute atomic E-state index is 0.304. The molecule has 0 radical (unpaired) electrons. The van der Waals surface area contributed by atoms with Gasteiger partial charge < -0.3 is 14.3 Å². The number of para-hydroxylation sites is 1. The van der Waals surface area contributed by atoms with E-state index in [0.29, 0.717) is 12.4 Å². The van der Waals surface area contributed by atoms with Crippen molar-refractivity contribution in [2.45, 2.75) is 13.5 Å². The second-order valence-corrected chi connectivity index (χ2v) is 4.10. The summed E-state index contributed by atoms with van der Waals surface area (Å²) in [4.78, 5) is 0. The van der Waals surface area contributed by atoms with Gasteiger partial charge in [-0.05, 0) is 13.0 Å². The lowest BCUT2D eigenvalue weighted by Gasteiger charge is -2.05. The van der Waals surface area contributed by atoms with Crippen molar-refractivity contribution < 1.29 is 14.3 Å². The lowest BCUT2D eigenvalue weighted by Crippen LogP contribution is -2.08. The van der Waals surface area contributed by atoms with Crippen LogP contribution in [0.5, 0.6) is 5.75 Å². The highest BCUT2D eigenvalue weighted by Gasteiger charge is 1.98. The predicted molar refractivity (Wildman–Crippen MR) is 57.9 cm³/mol. The van der Waals surface area contributed by atoms with Crippen LogP contribution in [0.15, 0.2) is 24.3 Å². The molecule has 0 fully saturated rings. The van der Waals surface area contributed by atoms with Crippen LogP contribution in [0.25, 0.3) is 0 Å². The van der Waals surface area contributed by atoms with Gasteiger partial charge in [-0.15, -0.1) is 0 Å². The Morgan fingerprint density at radius 2 is 2.14 bits per heavy atom. The largest absolute Gasteiger partial charge is 0.508 e. The molecule has 0 saturated carbocycles. The van der Waals surface area contributed by atoms with Crippen LogP contribution in [-0.4, -0.2) is 27.7 Å². The van der Waals surface area contributed by atoms with Gasteiger partial charge in [0.05, 0.1) is 12.8 Å². The summed E-state index contributed by atoms with van der Waals surface area (Å²) in [7, 11) is -0.593. The molecule has 14 heavy (non-hydrogen) atoms. The van der Waals surface area contributed by atoms with E-state index < -0.39 is 9.76 Å². The molecule has 0 unspecified atom stereocenters. The van der Waals surface area contributed by atoms with E-state index >= 15 is 0 Å². The molecular formula is C10H16O3Si. The molecule has 1 aromatic carbocycles. The second-order valence-electron chi connectivity index (χ2n) is 2.88. The van der Waals surface area contributed by atoms with Crippen LogP contribution in [0.1, 0.15) is 12.5 Å². The van der Waals surface area contributed by atoms with Gasteiger partial charge in [0.15, 0.2) is 9.76 Å². The number of ether oxygens (including phenoxy) is 1. The number of hydrogen-bond acceptors (Lipinski definition) is 3. The van der Waals surface area contributed by atoms with Crippen molar-refractivity contribution in [1.82, 2.24) is 0 Å². The second kappa shape index (κ2) is 6.59. The van der Waals surface area contributed by atoms with Crippen molar-refractivity contribution in [1.29, 1.82) is 0 Å². The fraction of sp³-hybridized carbons (Fsp3) is 0.400. The molecule has 0 aliphatic carbocycles. The molecule has 0 atom stereocenters. The minimum atomic E-state index is -0.593. The average Bonchev–Trinajstić information content (AvgIpc) is 2.20. The number of benzene rings is 1. The van der Waals surface area contributed by atoms with Crippen molar-refractivity contribution in [2.24, 2.45) is 0 Å². The highest BCUT2D eigenvalue weighted by Crippen LogP contribution is 2.15. The lowest BCUT2D eigenvalue weighted by atomic mass is 10.2. The Morgan fingerprint density at radius 3 is 2.86 bits per heavy atom. The van der Waals surface area contributed by atoms with Crippen molar-refractivity contribution in [2.75, 3.05) is 12.8 Å². The Labute approximate surface area is 86.6 Å². The monoisotopic (exact) mass is 212 g/mol. The van der Waals surface area contributed by atoms with E-state index in [9.17, 15) is 5.11 Å². The van der Waals surface area contributed by atoms with E-state index in [4.69, 9.17) is 9.16 Å². The Balaban J connectivity index is 2.21. The van der Waals surface area contributed by atoms with E-state index in [0.717, 1.165) is 18.4 Å². The van der Waals surface area contributed by atoms with Crippen LogP contribution >= 0.6 is 0 Å². The summed E-state index contributed by atoms with van der Waals surface area (Å²) in [6.07, 6.45) is 0.740. The van der Waals surface area contributed by atoms with Crippen LogP contribution in [-0.2, 0) is 15.8 Å². The van der Waals surface area contributed by atoms with Crippen LogP contribution < -0.4 is 0 Å². The van der Waals surface area contributed by atoms with Crippen molar-refractivity contribution in [3.05, 3.63) is 29.8 Å². The third-order valence-electron chi connectivity index (χ3n) is 1.83. The Kier molecular flexibility index (Phi) is 5.29. The van der Waals surface area contributed by atoms with Gasteiger partial charge in [0.25, 0.3) is 0 Å². The highest BCUT2D eigenvalue weighted by molar-refractivity contribution is 6.26. The van der Waals surface area contributed by atoms with Crippen molar-refractivity contribution in [3.63, 3.8) is 0 Å². The fourth-order valence-corrected chi connectivity index (χ4v) is 1.97. The zero-order valence-electron chi connectivity index (χ0n) is 8.40. The summed E-state index contributed by atoms with van der Waals surface area (Å²) in [5, 5.41) is 9.42. The first-order valence-corrected chi connectivity index (χ1v) is 6.34. The van der Waals surface area contributed by atoms with E-state index in [1.807, 2.05) is 19.1 Å². The van der Waals surface area contributed by atoms with Gasteiger partial charge in [-0.25, -0.2) is 0 Å². The summed E-state index contributed by atoms with van der Waals surface area (Å²) in [5.74, 6) is 0.304. The van der Waals surface area contributed by atoms with E-state index in [2.05, 4.69) is 0 Å². The molecule has 0 aliphatic rings. The molecule has 0 aromatic heterocycles. The minimum Gasteiger partial charge on any atom is -0.508 e. The molecule has 0 amide bonds. The quantitative estimate of drug-likeness (QED) is 0.564. The Hall–Kier alpha value is -0.843. The molecule has 4 heteroatoms. The molecule has 0 bridgehead atoms. The van der Waals surface area contributed by atoms with Gasteiger partial charge in [-0.3, -0.25) is 0 Å². The van der Waals surface area contributed by atoms with E-state index in [-0.39, 0.29) is 0 Å². The first kappa shape index (κ1) is 11.2. The maximum Gasteiger partial charge on any atom is 0.187 e. The number of phenolic OH excluding ortho intramolecular Hbond substituents is 1. The molecule has 1 rings (SSSR count). The molecule has 0 aliphatic heterocycles. The third-order valence-corrected chi connectivity index (χ3v) is 2.77. The average molecular weight is 212 g/mol. The number of aromatic hydroxyl groups is 1. The van der Waals surface area contributed by atoms with Gasteiger partial charge in [0.2, 0.25) is 0 Å². The first-order chi connectivity index (χ1) is 6.84. The van der Waals surface area contributed by atoms with Crippen molar-refractivity contribution >= 4 is 9.76 Å². The SMILES string of the molecule is CCOC[SiH2]OCc1ccccc1O. The molecule has 0 saturated heterocycles. The summed E-state index contributed by atoms with van der Waals surface area (Å²) in [6.45, 7) is 3.20. The number of rotatable bonds is 6. The molecule has 0 spiro atoms. The topological polar surface area (TPSA) is 38.7 Å². The Bertz CT molecular complexity index is 265. The van der Waals surface area contributed by atoms with Crippen LogP contribution in [0, 0.1) is 0 Å². The standard InChI is InChI=1S/C10H16O3Si/c1-2-12-8-14-13-7-9-5-3-4-6-10(9)11/h3-6,11H,2,7-8,14H2,1H3. The third kappa shape index (κ3) is 3.91. The van der Waals surface area contributed by atoms with Crippen molar-refractivity contribution in [3.8, 4) is 5.75 Å². The zero-order valence-corrected chi connectivity index (χ0v) is 9.82. The van der Waals surface area contributed by atoms with Gasteiger partial charge in [0, 0.05) is 12.2 Å². The summed E-state index contributed by atoms with van der Waals surface area (Å²) in [5.41, 5.74) is 0.844. The maximum absolute atomic E-state index is 9.42. The summed E-state index contributed by atoms with van der Waals surface area (Å²) < 4.78 is 10.6. The first-order valence-electron chi connectivity index (χ1n) is 4.77. The fourth-order valence-electron chi connectivity index (χ4n) is 1.08. The molecular weight excluding hydrogens is 196 g/mol. The molecule has 1 N–H and O–H groups in total. The van der Waals surface area contributed by atoms with Gasteiger partial charge in [-0.2, -0.15) is 0 Å². The van der Waals surface area contributed by atoms with Crippen LogP contribution in [0.4, 0.5) is 0 Å². The van der Waals surface area contributed by atoms with E-state index in [1.165, 1.54) is 0 Å². The maximum atomic E-state index is 9.42. The molecule has 78 valence electrons. The molecule has 0 heterocycles. The van der Waals surface area contributed by atoms with Gasteiger partial charge in [-0.1, -0.05) is 18.2 Å².